The standard InChI is InChI=1S/C19H25N3OS/c1-22(2)19(21-15-17-9-5-3-6-10-17)20-13-14-24(23)16-18-11-7-4-8-12-18/h3-12H,13-16H2,1-2H3,(H,20,21). The number of nitrogens with one attached hydrogen (secondary N) is 1. The van der Waals surface area contributed by atoms with Crippen LogP contribution in [0.3, 0.4) is 0 Å². The fraction of sp³-hybridized carbons (Fsp3) is 0.316. The number of hydrogen-bond donors (Lipinski definition) is 1. The van der Waals surface area contributed by atoms with Gasteiger partial charge in [-0.3, -0.25) is 4.21 Å². The first-order valence-electron chi connectivity index (χ1n) is 8.03. The molecular formula is C19H25N3OS. The lowest BCUT2D eigenvalue weighted by molar-refractivity contribution is 0.583. The van der Waals surface area contributed by atoms with Crippen molar-refractivity contribution in [3.8, 4) is 0 Å². The van der Waals surface area contributed by atoms with E-state index in [2.05, 4.69) is 22.4 Å². The van der Waals surface area contributed by atoms with E-state index in [1.165, 1.54) is 5.56 Å². The van der Waals surface area contributed by atoms with Crippen LogP contribution in [0.1, 0.15) is 11.1 Å². The van der Waals surface area contributed by atoms with Gasteiger partial charge in [0.05, 0.1) is 6.54 Å². The van der Waals surface area contributed by atoms with Crippen LogP contribution in [-0.2, 0) is 23.1 Å². The summed E-state index contributed by atoms with van der Waals surface area (Å²) in [6.07, 6.45) is 0. The molecule has 1 unspecified atom stereocenters. The number of hydrogen-bond acceptors (Lipinski definition) is 2. The van der Waals surface area contributed by atoms with E-state index in [0.29, 0.717) is 24.6 Å². The third kappa shape index (κ3) is 6.54. The lowest BCUT2D eigenvalue weighted by Crippen LogP contribution is -2.38. The molecule has 0 saturated heterocycles. The molecule has 0 spiro atoms. The van der Waals surface area contributed by atoms with Gasteiger partial charge in [-0.2, -0.15) is 0 Å². The largest absolute Gasteiger partial charge is 0.355 e. The maximum absolute atomic E-state index is 12.2. The van der Waals surface area contributed by atoms with Crippen LogP contribution < -0.4 is 5.32 Å². The van der Waals surface area contributed by atoms with Gasteiger partial charge in [-0.1, -0.05) is 60.7 Å². The minimum Gasteiger partial charge on any atom is -0.355 e. The lowest BCUT2D eigenvalue weighted by atomic mass is 10.2. The second-order valence-corrected chi connectivity index (χ2v) is 7.30. The Balaban J connectivity index is 1.80. The molecule has 0 bridgehead atoms. The number of benzene rings is 2. The van der Waals surface area contributed by atoms with Crippen molar-refractivity contribution in [2.75, 3.05) is 26.4 Å². The number of nitrogens with zero attached hydrogens (tertiary/aromatic N) is 2. The van der Waals surface area contributed by atoms with Crippen LogP contribution in [0.2, 0.25) is 0 Å². The van der Waals surface area contributed by atoms with Crippen LogP contribution in [0.5, 0.6) is 0 Å². The normalized spacial score (nSPS) is 12.7. The van der Waals surface area contributed by atoms with Gasteiger partial charge in [0.25, 0.3) is 0 Å². The summed E-state index contributed by atoms with van der Waals surface area (Å²) in [6, 6.07) is 20.1. The summed E-state index contributed by atoms with van der Waals surface area (Å²) in [5, 5.41) is 3.29. The molecule has 0 aliphatic carbocycles. The third-order valence-electron chi connectivity index (χ3n) is 3.46. The first kappa shape index (κ1) is 18.2. The highest BCUT2D eigenvalue weighted by Gasteiger charge is 2.05. The summed E-state index contributed by atoms with van der Waals surface area (Å²) in [5.74, 6) is 2.02. The first-order chi connectivity index (χ1) is 11.6. The van der Waals surface area contributed by atoms with Crippen molar-refractivity contribution < 1.29 is 4.21 Å². The van der Waals surface area contributed by atoms with Crippen molar-refractivity contribution in [2.45, 2.75) is 12.3 Å². The molecule has 0 aliphatic rings. The van der Waals surface area contributed by atoms with E-state index in [4.69, 9.17) is 0 Å². The Morgan fingerprint density at radius 3 is 2.17 bits per heavy atom. The maximum atomic E-state index is 12.2. The second kappa shape index (κ2) is 9.88. The molecule has 4 nitrogen and oxygen atoms in total. The molecule has 0 amide bonds. The summed E-state index contributed by atoms with van der Waals surface area (Å²) in [6.45, 7) is 1.28. The molecule has 24 heavy (non-hydrogen) atoms. The SMILES string of the molecule is CN(C)C(=NCc1ccccc1)NCCS(=O)Cc1ccccc1. The Morgan fingerprint density at radius 2 is 1.58 bits per heavy atom. The molecule has 1 atom stereocenters. The lowest BCUT2D eigenvalue weighted by Gasteiger charge is -2.17. The number of rotatable bonds is 7. The van der Waals surface area contributed by atoms with Gasteiger partial charge in [-0.25, -0.2) is 4.99 Å². The zero-order valence-corrected chi connectivity index (χ0v) is 15.1. The Bertz CT molecular complexity index is 657. The highest BCUT2D eigenvalue weighted by Crippen LogP contribution is 2.03. The molecule has 0 radical (unpaired) electrons. The highest BCUT2D eigenvalue weighted by atomic mass is 32.2. The van der Waals surface area contributed by atoms with Crippen LogP contribution in [0.15, 0.2) is 65.7 Å². The molecule has 2 aromatic rings. The minimum atomic E-state index is -0.877. The van der Waals surface area contributed by atoms with E-state index in [9.17, 15) is 4.21 Å². The van der Waals surface area contributed by atoms with Gasteiger partial charge >= 0.3 is 0 Å². The molecule has 0 heterocycles. The predicted octanol–water partition coefficient (Wildman–Crippen LogP) is 2.64. The van der Waals surface area contributed by atoms with Crippen LogP contribution in [0, 0.1) is 0 Å². The van der Waals surface area contributed by atoms with E-state index >= 15 is 0 Å². The minimum absolute atomic E-state index is 0.598. The van der Waals surface area contributed by atoms with Gasteiger partial charge in [0, 0.05) is 42.9 Å². The summed E-state index contributed by atoms with van der Waals surface area (Å²) in [7, 11) is 3.04. The van der Waals surface area contributed by atoms with Crippen LogP contribution >= 0.6 is 0 Å². The van der Waals surface area contributed by atoms with E-state index in [1.807, 2.05) is 67.5 Å². The van der Waals surface area contributed by atoms with E-state index in [1.54, 1.807) is 0 Å². The molecule has 128 valence electrons. The van der Waals surface area contributed by atoms with Crippen molar-refractivity contribution in [3.63, 3.8) is 0 Å². The molecule has 0 saturated carbocycles. The zero-order valence-electron chi connectivity index (χ0n) is 14.3. The smallest absolute Gasteiger partial charge is 0.193 e. The zero-order chi connectivity index (χ0) is 17.2. The van der Waals surface area contributed by atoms with Crippen molar-refractivity contribution in [3.05, 3.63) is 71.8 Å². The first-order valence-corrected chi connectivity index (χ1v) is 9.52. The summed E-state index contributed by atoms with van der Waals surface area (Å²) >= 11 is 0. The van der Waals surface area contributed by atoms with Crippen LogP contribution in [-0.4, -0.2) is 41.5 Å². The molecule has 2 rings (SSSR count). The Hall–Kier alpha value is -2.14. The molecule has 5 heteroatoms. The quantitative estimate of drug-likeness (QED) is 0.621. The number of aliphatic imine (C=N–C) groups is 1. The molecule has 0 fully saturated rings. The average molecular weight is 343 g/mol. The Labute approximate surface area is 147 Å². The monoisotopic (exact) mass is 343 g/mol. The van der Waals surface area contributed by atoms with Crippen molar-refractivity contribution in [1.29, 1.82) is 0 Å². The van der Waals surface area contributed by atoms with Gasteiger partial charge in [-0.05, 0) is 11.1 Å². The van der Waals surface area contributed by atoms with Gasteiger partial charge in [-0.15, -0.1) is 0 Å². The van der Waals surface area contributed by atoms with Crippen LogP contribution in [0.4, 0.5) is 0 Å². The van der Waals surface area contributed by atoms with Gasteiger partial charge in [0.1, 0.15) is 0 Å². The van der Waals surface area contributed by atoms with E-state index < -0.39 is 10.8 Å². The summed E-state index contributed by atoms with van der Waals surface area (Å²) in [4.78, 5) is 6.55. The fourth-order valence-corrected chi connectivity index (χ4v) is 3.25. The maximum Gasteiger partial charge on any atom is 0.193 e. The Kier molecular flexibility index (Phi) is 7.49. The second-order valence-electron chi connectivity index (χ2n) is 5.72. The topological polar surface area (TPSA) is 44.7 Å². The molecule has 2 aromatic carbocycles. The predicted molar refractivity (Wildman–Crippen MR) is 102 cm³/mol. The fourth-order valence-electron chi connectivity index (χ4n) is 2.21. The Morgan fingerprint density at radius 1 is 1.00 bits per heavy atom. The van der Waals surface area contributed by atoms with Gasteiger partial charge in [0.15, 0.2) is 5.96 Å². The third-order valence-corrected chi connectivity index (χ3v) is 4.78. The van der Waals surface area contributed by atoms with Gasteiger partial charge in [0.2, 0.25) is 0 Å². The van der Waals surface area contributed by atoms with Gasteiger partial charge < -0.3 is 10.2 Å². The number of guanidine groups is 1. The molecule has 0 aromatic heterocycles. The van der Waals surface area contributed by atoms with Crippen molar-refractivity contribution >= 4 is 16.8 Å². The molecule has 0 aliphatic heterocycles. The molecular weight excluding hydrogens is 318 g/mol. The summed E-state index contributed by atoms with van der Waals surface area (Å²) < 4.78 is 12.2. The summed E-state index contributed by atoms with van der Waals surface area (Å²) in [5.41, 5.74) is 2.28. The highest BCUT2D eigenvalue weighted by molar-refractivity contribution is 7.84. The van der Waals surface area contributed by atoms with Crippen LogP contribution in [0.25, 0.3) is 0 Å². The van der Waals surface area contributed by atoms with Crippen molar-refractivity contribution in [1.82, 2.24) is 10.2 Å². The molecule has 1 N–H and O–H groups in total. The van der Waals surface area contributed by atoms with E-state index in [0.717, 1.165) is 11.5 Å². The average Bonchev–Trinajstić information content (AvgIpc) is 2.59. The van der Waals surface area contributed by atoms with Crippen molar-refractivity contribution in [2.24, 2.45) is 4.99 Å². The van der Waals surface area contributed by atoms with E-state index in [-0.39, 0.29) is 0 Å².